The summed E-state index contributed by atoms with van der Waals surface area (Å²) in [4.78, 5) is 14.7. The fourth-order valence-corrected chi connectivity index (χ4v) is 4.66. The van der Waals surface area contributed by atoms with E-state index in [1.54, 1.807) is 28.9 Å². The molecule has 1 aliphatic carbocycles. The van der Waals surface area contributed by atoms with Crippen molar-refractivity contribution in [1.29, 1.82) is 0 Å². The van der Waals surface area contributed by atoms with E-state index in [0.29, 0.717) is 24.2 Å². The van der Waals surface area contributed by atoms with Crippen molar-refractivity contribution in [3.8, 4) is 9.88 Å². The van der Waals surface area contributed by atoms with Crippen LogP contribution in [-0.2, 0) is 6.54 Å². The van der Waals surface area contributed by atoms with Crippen molar-refractivity contribution in [3.63, 3.8) is 0 Å². The second-order valence-electron chi connectivity index (χ2n) is 6.47. The van der Waals surface area contributed by atoms with Gasteiger partial charge in [-0.25, -0.2) is 9.97 Å². The first-order valence-corrected chi connectivity index (χ1v) is 11.4. The number of rotatable bonds is 7. The summed E-state index contributed by atoms with van der Waals surface area (Å²) in [6.45, 7) is 0.567. The minimum absolute atomic E-state index is 0.536. The van der Waals surface area contributed by atoms with Crippen LogP contribution < -0.4 is 10.6 Å². The molecule has 4 aromatic heterocycles. The normalized spacial score (nSPS) is 13.6. The first-order valence-electron chi connectivity index (χ1n) is 8.81. The van der Waals surface area contributed by atoms with E-state index in [-0.39, 0.29) is 0 Å². The summed E-state index contributed by atoms with van der Waals surface area (Å²) >= 11 is 6.84. The Kier molecular flexibility index (Phi) is 4.83. The average molecular weight is 474 g/mol. The number of thiazole rings is 1. The minimum Gasteiger partial charge on any atom is -0.348 e. The quantitative estimate of drug-likeness (QED) is 0.333. The minimum atomic E-state index is 0.536. The summed E-state index contributed by atoms with van der Waals surface area (Å²) in [7, 11) is 0. The highest BCUT2D eigenvalue weighted by Gasteiger charge is 2.25. The highest BCUT2D eigenvalue weighted by Crippen LogP contribution is 2.39. The van der Waals surface area contributed by atoms with Crippen molar-refractivity contribution in [3.05, 3.63) is 51.0 Å². The van der Waals surface area contributed by atoms with Crippen molar-refractivity contribution in [1.82, 2.24) is 25.1 Å². The van der Waals surface area contributed by atoms with Crippen LogP contribution >= 0.6 is 38.6 Å². The third kappa shape index (κ3) is 3.94. The Morgan fingerprint density at radius 2 is 2.18 bits per heavy atom. The summed E-state index contributed by atoms with van der Waals surface area (Å²) in [6, 6.07) is 6.16. The van der Waals surface area contributed by atoms with Crippen LogP contribution in [0.5, 0.6) is 0 Å². The molecular formula is C18H16BrN7S2. The topological polar surface area (TPSA) is 91.4 Å². The molecule has 7 nitrogen and oxygen atoms in total. The summed E-state index contributed by atoms with van der Waals surface area (Å²) < 4.78 is 0.780. The molecule has 3 N–H and O–H groups in total. The van der Waals surface area contributed by atoms with Crippen molar-refractivity contribution >= 4 is 56.2 Å². The molecule has 0 atom stereocenters. The predicted molar refractivity (Wildman–Crippen MR) is 116 cm³/mol. The fraction of sp³-hybridized carbons (Fsp3) is 0.222. The van der Waals surface area contributed by atoms with Crippen molar-refractivity contribution in [2.45, 2.75) is 25.3 Å². The Bertz CT molecular complexity index is 1090. The number of hydrogen-bond donors (Lipinski definition) is 3. The van der Waals surface area contributed by atoms with Crippen molar-refractivity contribution in [2.75, 3.05) is 10.6 Å². The van der Waals surface area contributed by atoms with E-state index in [4.69, 9.17) is 0 Å². The predicted octanol–water partition coefficient (Wildman–Crippen LogP) is 5.38. The van der Waals surface area contributed by atoms with E-state index in [1.807, 2.05) is 12.1 Å². The smallest absolute Gasteiger partial charge is 0.225 e. The number of halogens is 1. The van der Waals surface area contributed by atoms with Gasteiger partial charge < -0.3 is 10.6 Å². The molecule has 1 saturated carbocycles. The maximum Gasteiger partial charge on any atom is 0.225 e. The van der Waals surface area contributed by atoms with Crippen molar-refractivity contribution < 1.29 is 0 Å². The van der Waals surface area contributed by atoms with Gasteiger partial charge in [0.2, 0.25) is 5.95 Å². The van der Waals surface area contributed by atoms with Crippen LogP contribution in [-0.4, -0.2) is 25.1 Å². The molecule has 1 aliphatic rings. The van der Waals surface area contributed by atoms with Gasteiger partial charge in [-0.3, -0.25) is 5.10 Å². The van der Waals surface area contributed by atoms with Crippen LogP contribution in [0.1, 0.15) is 30.1 Å². The van der Waals surface area contributed by atoms with E-state index in [2.05, 4.69) is 68.5 Å². The molecule has 0 aromatic carbocycles. The van der Waals surface area contributed by atoms with E-state index in [1.165, 1.54) is 23.4 Å². The van der Waals surface area contributed by atoms with E-state index in [9.17, 15) is 0 Å². The number of nitrogens with one attached hydrogen (secondary N) is 3. The highest BCUT2D eigenvalue weighted by molar-refractivity contribution is 9.10. The van der Waals surface area contributed by atoms with Gasteiger partial charge in [-0.1, -0.05) is 6.07 Å². The molecule has 5 rings (SSSR count). The van der Waals surface area contributed by atoms with E-state index < -0.39 is 0 Å². The van der Waals surface area contributed by atoms with Gasteiger partial charge in [0.1, 0.15) is 5.01 Å². The Hall–Kier alpha value is -2.30. The number of thiophene rings is 1. The largest absolute Gasteiger partial charge is 0.348 e. The van der Waals surface area contributed by atoms with Crippen LogP contribution in [0.15, 0.2) is 39.6 Å². The van der Waals surface area contributed by atoms with Gasteiger partial charge in [-0.2, -0.15) is 10.1 Å². The lowest BCUT2D eigenvalue weighted by molar-refractivity contribution is 0.965. The van der Waals surface area contributed by atoms with Gasteiger partial charge in [0.15, 0.2) is 11.6 Å². The number of aromatic nitrogens is 5. The van der Waals surface area contributed by atoms with Gasteiger partial charge in [-0.15, -0.1) is 22.7 Å². The molecule has 0 saturated heterocycles. The number of hydrogen-bond acceptors (Lipinski definition) is 8. The Morgan fingerprint density at radius 3 is 3.00 bits per heavy atom. The maximum atomic E-state index is 4.67. The molecule has 142 valence electrons. The maximum absolute atomic E-state index is 4.67. The number of nitrogens with zero attached hydrogens (tertiary/aromatic N) is 4. The SMILES string of the molecule is Brc1cnc(NCc2csc(-c3cccs3)n2)nc1Nc1cc(C2CC2)[nH]n1. The van der Waals surface area contributed by atoms with Gasteiger partial charge in [0.05, 0.1) is 21.6 Å². The summed E-state index contributed by atoms with van der Waals surface area (Å²) in [5, 5.41) is 19.1. The molecule has 10 heteroatoms. The van der Waals surface area contributed by atoms with Crippen LogP contribution in [0, 0.1) is 0 Å². The lowest BCUT2D eigenvalue weighted by Gasteiger charge is -2.08. The van der Waals surface area contributed by atoms with Crippen LogP contribution in [0.4, 0.5) is 17.6 Å². The molecule has 1 fully saturated rings. The number of aromatic amines is 1. The van der Waals surface area contributed by atoms with Gasteiger partial charge in [-0.05, 0) is 40.2 Å². The summed E-state index contributed by atoms with van der Waals surface area (Å²) in [6.07, 6.45) is 4.19. The van der Waals surface area contributed by atoms with Crippen molar-refractivity contribution in [2.24, 2.45) is 0 Å². The van der Waals surface area contributed by atoms with Crippen LogP contribution in [0.2, 0.25) is 0 Å². The molecule has 0 spiro atoms. The Morgan fingerprint density at radius 1 is 1.25 bits per heavy atom. The first-order chi connectivity index (χ1) is 13.7. The Balaban J connectivity index is 1.26. The van der Waals surface area contributed by atoms with E-state index in [0.717, 1.165) is 21.0 Å². The van der Waals surface area contributed by atoms with Crippen LogP contribution in [0.3, 0.4) is 0 Å². The summed E-state index contributed by atoms with van der Waals surface area (Å²) in [5.41, 5.74) is 2.15. The molecule has 0 aliphatic heterocycles. The molecule has 0 radical (unpaired) electrons. The lowest BCUT2D eigenvalue weighted by atomic mass is 10.3. The molecular weight excluding hydrogens is 458 g/mol. The second kappa shape index (κ2) is 7.61. The third-order valence-corrected chi connectivity index (χ3v) is 6.83. The number of anilines is 3. The van der Waals surface area contributed by atoms with Crippen LogP contribution in [0.25, 0.3) is 9.88 Å². The van der Waals surface area contributed by atoms with Gasteiger partial charge in [0.25, 0.3) is 0 Å². The standard InChI is InChI=1S/C18H16BrN7S2/c19-12-8-21-18(20-7-11-9-28-17(22-11)14-2-1-5-27-14)24-16(12)23-15-6-13(25-26-15)10-3-4-10/h1-2,5-6,8-10H,3-4,7H2,(H3,20,21,23,24,25,26). The zero-order valence-electron chi connectivity index (χ0n) is 14.6. The molecule has 0 unspecified atom stereocenters. The average Bonchev–Trinajstić information content (AvgIpc) is 3.12. The zero-order valence-corrected chi connectivity index (χ0v) is 17.9. The zero-order chi connectivity index (χ0) is 18.9. The molecule has 0 amide bonds. The first kappa shape index (κ1) is 17.8. The monoisotopic (exact) mass is 473 g/mol. The van der Waals surface area contributed by atoms with E-state index >= 15 is 0 Å². The molecule has 4 heterocycles. The van der Waals surface area contributed by atoms with Gasteiger partial charge >= 0.3 is 0 Å². The van der Waals surface area contributed by atoms with Gasteiger partial charge in [0, 0.05) is 29.3 Å². The highest BCUT2D eigenvalue weighted by atomic mass is 79.9. The lowest BCUT2D eigenvalue weighted by Crippen LogP contribution is -2.06. The fourth-order valence-electron chi connectivity index (χ4n) is 2.74. The second-order valence-corrected chi connectivity index (χ2v) is 9.13. The summed E-state index contributed by atoms with van der Waals surface area (Å²) in [5.74, 6) is 2.59. The number of H-pyrrole nitrogens is 1. The Labute approximate surface area is 177 Å². The molecule has 0 bridgehead atoms. The molecule has 28 heavy (non-hydrogen) atoms. The third-order valence-electron chi connectivity index (χ3n) is 4.32. The molecule has 4 aromatic rings.